The van der Waals surface area contributed by atoms with Crippen LogP contribution in [0.1, 0.15) is 52.4 Å². The number of amides is 2. The average molecular weight is 566 g/mol. The molecule has 8 nitrogen and oxygen atoms in total. The van der Waals surface area contributed by atoms with Crippen LogP contribution in [0.2, 0.25) is 0 Å². The highest BCUT2D eigenvalue weighted by molar-refractivity contribution is 14.0. The van der Waals surface area contributed by atoms with E-state index in [-0.39, 0.29) is 35.8 Å². The van der Waals surface area contributed by atoms with Crippen LogP contribution in [0.3, 0.4) is 0 Å². The third-order valence-electron chi connectivity index (χ3n) is 6.05. The van der Waals surface area contributed by atoms with Gasteiger partial charge in [0.1, 0.15) is 0 Å². The van der Waals surface area contributed by atoms with Gasteiger partial charge in [-0.1, -0.05) is 20.3 Å². The number of carbonyl (C=O) groups excluding carboxylic acids is 2. The first-order valence-corrected chi connectivity index (χ1v) is 12.0. The van der Waals surface area contributed by atoms with Crippen LogP contribution >= 0.6 is 24.0 Å². The van der Waals surface area contributed by atoms with Crippen molar-refractivity contribution in [3.63, 3.8) is 0 Å². The number of rotatable bonds is 10. The summed E-state index contributed by atoms with van der Waals surface area (Å²) in [5.74, 6) is 2.33. The molecule has 2 aliphatic heterocycles. The molecule has 0 bridgehead atoms. The maximum absolute atomic E-state index is 12.5. The zero-order chi connectivity index (χ0) is 22.6. The molecule has 9 heteroatoms. The molecule has 0 aromatic carbocycles. The van der Waals surface area contributed by atoms with E-state index in [0.29, 0.717) is 50.9 Å². The summed E-state index contributed by atoms with van der Waals surface area (Å²) in [5, 5.41) is 3.43. The lowest BCUT2D eigenvalue weighted by atomic mass is 10.1. The third kappa shape index (κ3) is 10.2. The van der Waals surface area contributed by atoms with Crippen LogP contribution in [0.15, 0.2) is 4.99 Å². The van der Waals surface area contributed by atoms with Crippen molar-refractivity contribution in [1.82, 2.24) is 20.0 Å². The Balaban J connectivity index is 0.00000512. The lowest BCUT2D eigenvalue weighted by molar-refractivity contribution is -0.140. The van der Waals surface area contributed by atoms with Gasteiger partial charge in [-0.05, 0) is 25.2 Å². The number of hydrogen-bond acceptors (Lipinski definition) is 4. The second-order valence-electron chi connectivity index (χ2n) is 9.25. The third-order valence-corrected chi connectivity index (χ3v) is 6.05. The summed E-state index contributed by atoms with van der Waals surface area (Å²) in [6.07, 6.45) is 5.25. The molecule has 186 valence electrons. The summed E-state index contributed by atoms with van der Waals surface area (Å²) in [6.45, 7) is 10.3. The summed E-state index contributed by atoms with van der Waals surface area (Å²) in [5.41, 5.74) is 0. The van der Waals surface area contributed by atoms with Crippen LogP contribution in [0, 0.1) is 11.8 Å². The highest BCUT2D eigenvalue weighted by Crippen LogP contribution is 2.13. The van der Waals surface area contributed by atoms with Gasteiger partial charge in [-0.25, -0.2) is 0 Å². The fourth-order valence-electron chi connectivity index (χ4n) is 4.21. The van der Waals surface area contributed by atoms with Gasteiger partial charge >= 0.3 is 0 Å². The Hall–Kier alpha value is -1.10. The quantitative estimate of drug-likeness (QED) is 0.191. The van der Waals surface area contributed by atoms with E-state index in [9.17, 15) is 9.59 Å². The molecule has 2 fully saturated rings. The number of ether oxygens (including phenoxy) is 1. The summed E-state index contributed by atoms with van der Waals surface area (Å²) in [7, 11) is 3.89. The minimum atomic E-state index is 0. The maximum atomic E-state index is 12.5. The second-order valence-corrected chi connectivity index (χ2v) is 9.25. The molecule has 1 unspecified atom stereocenters. The molecule has 1 N–H and O–H groups in total. The zero-order valence-corrected chi connectivity index (χ0v) is 22.8. The average Bonchev–Trinajstić information content (AvgIpc) is 3.25. The first-order valence-electron chi connectivity index (χ1n) is 12.0. The van der Waals surface area contributed by atoms with Gasteiger partial charge in [0.15, 0.2) is 5.96 Å². The first kappa shape index (κ1) is 28.9. The molecule has 2 aliphatic rings. The molecule has 0 spiro atoms. The van der Waals surface area contributed by atoms with E-state index in [1.54, 1.807) is 0 Å². The maximum Gasteiger partial charge on any atom is 0.222 e. The molecule has 1 atom stereocenters. The van der Waals surface area contributed by atoms with Crippen molar-refractivity contribution in [3.8, 4) is 0 Å². The van der Waals surface area contributed by atoms with Gasteiger partial charge in [-0.3, -0.25) is 14.6 Å². The molecule has 2 saturated heterocycles. The number of halogens is 1. The topological polar surface area (TPSA) is 77.5 Å². The van der Waals surface area contributed by atoms with Crippen LogP contribution in [-0.2, 0) is 14.3 Å². The predicted octanol–water partition coefficient (Wildman–Crippen LogP) is 2.43. The molecular weight excluding hydrogens is 521 g/mol. The van der Waals surface area contributed by atoms with Crippen LogP contribution in [0.25, 0.3) is 0 Å². The molecule has 0 aliphatic carbocycles. The van der Waals surface area contributed by atoms with Gasteiger partial charge in [-0.15, -0.1) is 24.0 Å². The van der Waals surface area contributed by atoms with Crippen molar-refractivity contribution < 1.29 is 14.3 Å². The van der Waals surface area contributed by atoms with E-state index >= 15 is 0 Å². The number of nitrogens with one attached hydrogen (secondary N) is 1. The predicted molar refractivity (Wildman–Crippen MR) is 139 cm³/mol. The largest absolute Gasteiger partial charge is 0.381 e. The smallest absolute Gasteiger partial charge is 0.222 e. The zero-order valence-electron chi connectivity index (χ0n) is 20.5. The number of carbonyl (C=O) groups is 2. The van der Waals surface area contributed by atoms with Gasteiger partial charge in [0.05, 0.1) is 6.61 Å². The van der Waals surface area contributed by atoms with E-state index in [2.05, 4.69) is 36.1 Å². The Labute approximate surface area is 211 Å². The lowest BCUT2D eigenvalue weighted by Crippen LogP contribution is -2.50. The number of unbranched alkanes of at least 4 members (excludes halogenated alkanes) is 2. The number of nitrogens with zero attached hydrogens (tertiary/aromatic N) is 4. The van der Waals surface area contributed by atoms with Crippen molar-refractivity contribution >= 4 is 41.8 Å². The number of guanidine groups is 1. The molecule has 0 aromatic heterocycles. The normalized spacial score (nSPS) is 19.2. The minimum Gasteiger partial charge on any atom is -0.381 e. The van der Waals surface area contributed by atoms with E-state index < -0.39 is 0 Å². The molecule has 0 saturated carbocycles. The van der Waals surface area contributed by atoms with Crippen LogP contribution in [0.4, 0.5) is 0 Å². The molecule has 2 heterocycles. The van der Waals surface area contributed by atoms with Gasteiger partial charge < -0.3 is 24.8 Å². The fourth-order valence-corrected chi connectivity index (χ4v) is 4.21. The van der Waals surface area contributed by atoms with Gasteiger partial charge in [0.2, 0.25) is 11.8 Å². The van der Waals surface area contributed by atoms with Crippen molar-refractivity contribution in [2.24, 2.45) is 16.8 Å². The van der Waals surface area contributed by atoms with E-state index in [1.807, 2.05) is 16.8 Å². The van der Waals surface area contributed by atoms with Gasteiger partial charge in [-0.2, -0.15) is 0 Å². The molecule has 0 aromatic rings. The minimum absolute atomic E-state index is 0. The van der Waals surface area contributed by atoms with E-state index in [4.69, 9.17) is 4.74 Å². The highest BCUT2D eigenvalue weighted by Gasteiger charge is 2.24. The summed E-state index contributed by atoms with van der Waals surface area (Å²) in [6, 6.07) is 0. The van der Waals surface area contributed by atoms with Crippen molar-refractivity contribution in [3.05, 3.63) is 0 Å². The van der Waals surface area contributed by atoms with E-state index in [0.717, 1.165) is 57.9 Å². The lowest BCUT2D eigenvalue weighted by Gasteiger charge is -2.35. The Bertz CT molecular complexity index is 588. The summed E-state index contributed by atoms with van der Waals surface area (Å²) in [4.78, 5) is 35.0. The van der Waals surface area contributed by atoms with Crippen molar-refractivity contribution in [2.75, 3.05) is 66.6 Å². The Morgan fingerprint density at radius 3 is 2.31 bits per heavy atom. The number of piperazine rings is 1. The first-order chi connectivity index (χ1) is 14.9. The highest BCUT2D eigenvalue weighted by atomic mass is 127. The number of aliphatic imine (C=N–C) groups is 1. The monoisotopic (exact) mass is 565 g/mol. The fraction of sp³-hybridized carbons (Fsp3) is 0.870. The Kier molecular flexibility index (Phi) is 14.2. The van der Waals surface area contributed by atoms with Crippen LogP contribution < -0.4 is 5.32 Å². The Morgan fingerprint density at radius 1 is 1.09 bits per heavy atom. The van der Waals surface area contributed by atoms with Crippen LogP contribution in [0.5, 0.6) is 0 Å². The van der Waals surface area contributed by atoms with E-state index in [1.165, 1.54) is 0 Å². The molecular formula is C23H44IN5O3. The second kappa shape index (κ2) is 15.7. The summed E-state index contributed by atoms with van der Waals surface area (Å²) >= 11 is 0. The van der Waals surface area contributed by atoms with Gasteiger partial charge in [0, 0.05) is 78.7 Å². The van der Waals surface area contributed by atoms with Crippen LogP contribution in [-0.4, -0.2) is 99.1 Å². The standard InChI is InChI=1S/C23H43N5O3.HI/c1-19(2)16-22(30)28-13-11-27(12-14-28)21(29)8-6-5-7-10-25-23(24-3)26(4)17-20-9-15-31-18-20;/h19-20H,5-18H2,1-4H3,(H,24,25);1H. The molecule has 2 rings (SSSR count). The molecule has 32 heavy (non-hydrogen) atoms. The van der Waals surface area contributed by atoms with Crippen molar-refractivity contribution in [2.45, 2.75) is 52.4 Å². The number of hydrogen-bond donors (Lipinski definition) is 1. The molecule has 0 radical (unpaired) electrons. The van der Waals surface area contributed by atoms with Gasteiger partial charge in [0.25, 0.3) is 0 Å². The van der Waals surface area contributed by atoms with Crippen molar-refractivity contribution in [1.29, 1.82) is 0 Å². The Morgan fingerprint density at radius 2 is 1.75 bits per heavy atom. The molecule has 2 amide bonds. The summed E-state index contributed by atoms with van der Waals surface area (Å²) < 4.78 is 5.45. The SMILES string of the molecule is CN=C(NCCCCCC(=O)N1CCN(C(=O)CC(C)C)CC1)N(C)CC1CCOC1.I.